The van der Waals surface area contributed by atoms with Crippen molar-refractivity contribution >= 4 is 21.4 Å². The number of nitro benzene ring substituents is 1. The van der Waals surface area contributed by atoms with E-state index < -0.39 is 14.9 Å². The molecule has 1 aromatic rings. The molecule has 0 aromatic heterocycles. The standard InChI is InChI=1S/C14H21N3O4S/c1-14(2)6-3-8-16(9-7-14)12-5-4-11(22(15,20)21)10-13(12)17(18)19/h4-5,10H,3,6-9H2,1-2H3,(H2,15,20,21). The molecule has 122 valence electrons. The van der Waals surface area contributed by atoms with Crippen LogP contribution < -0.4 is 10.0 Å². The molecule has 7 nitrogen and oxygen atoms in total. The third-order valence-electron chi connectivity index (χ3n) is 4.15. The summed E-state index contributed by atoms with van der Waals surface area (Å²) in [5, 5.41) is 16.4. The summed E-state index contributed by atoms with van der Waals surface area (Å²) >= 11 is 0. The smallest absolute Gasteiger partial charge is 0.293 e. The normalized spacial score (nSPS) is 18.8. The summed E-state index contributed by atoms with van der Waals surface area (Å²) in [4.78, 5) is 12.5. The minimum absolute atomic E-state index is 0.212. The van der Waals surface area contributed by atoms with Crippen LogP contribution in [0.1, 0.15) is 33.1 Å². The van der Waals surface area contributed by atoms with Gasteiger partial charge in [0.05, 0.1) is 9.82 Å². The van der Waals surface area contributed by atoms with Gasteiger partial charge in [-0.05, 0) is 36.8 Å². The summed E-state index contributed by atoms with van der Waals surface area (Å²) in [5.74, 6) is 0. The van der Waals surface area contributed by atoms with E-state index in [0.717, 1.165) is 31.9 Å². The zero-order valence-corrected chi connectivity index (χ0v) is 13.6. The van der Waals surface area contributed by atoms with E-state index in [1.807, 2.05) is 4.90 Å². The average Bonchev–Trinajstić information content (AvgIpc) is 2.58. The molecular weight excluding hydrogens is 306 g/mol. The van der Waals surface area contributed by atoms with E-state index >= 15 is 0 Å². The summed E-state index contributed by atoms with van der Waals surface area (Å²) < 4.78 is 22.8. The highest BCUT2D eigenvalue weighted by Gasteiger charge is 2.27. The van der Waals surface area contributed by atoms with Crippen LogP contribution >= 0.6 is 0 Å². The van der Waals surface area contributed by atoms with E-state index in [9.17, 15) is 18.5 Å². The molecule has 0 amide bonds. The van der Waals surface area contributed by atoms with Crippen LogP contribution in [-0.2, 0) is 10.0 Å². The molecule has 0 saturated carbocycles. The van der Waals surface area contributed by atoms with E-state index in [-0.39, 0.29) is 16.0 Å². The number of nitrogens with zero attached hydrogens (tertiary/aromatic N) is 2. The Morgan fingerprint density at radius 2 is 1.95 bits per heavy atom. The molecular formula is C14H21N3O4S. The fraction of sp³-hybridized carbons (Fsp3) is 0.571. The van der Waals surface area contributed by atoms with Crippen LogP contribution in [0.25, 0.3) is 0 Å². The summed E-state index contributed by atoms with van der Waals surface area (Å²) in [7, 11) is -3.96. The maximum absolute atomic E-state index is 11.4. The lowest BCUT2D eigenvalue weighted by Gasteiger charge is -2.24. The van der Waals surface area contributed by atoms with Crippen molar-refractivity contribution in [3.05, 3.63) is 28.3 Å². The minimum atomic E-state index is -3.96. The number of primary sulfonamides is 1. The zero-order valence-electron chi connectivity index (χ0n) is 12.8. The SMILES string of the molecule is CC1(C)CCCN(c2ccc(S(N)(=O)=O)cc2[N+](=O)[O-])CC1. The van der Waals surface area contributed by atoms with Crippen LogP contribution in [0.5, 0.6) is 0 Å². The molecule has 0 atom stereocenters. The van der Waals surface area contributed by atoms with Gasteiger partial charge < -0.3 is 4.90 Å². The van der Waals surface area contributed by atoms with Crippen LogP contribution in [0.2, 0.25) is 0 Å². The number of hydrogen-bond donors (Lipinski definition) is 1. The van der Waals surface area contributed by atoms with Crippen LogP contribution in [0.4, 0.5) is 11.4 Å². The molecule has 2 rings (SSSR count). The number of nitrogens with two attached hydrogens (primary N) is 1. The van der Waals surface area contributed by atoms with Gasteiger partial charge in [-0.1, -0.05) is 13.8 Å². The fourth-order valence-electron chi connectivity index (χ4n) is 2.76. The predicted octanol–water partition coefficient (Wildman–Crippen LogP) is 2.26. The first-order valence-corrected chi connectivity index (χ1v) is 8.71. The second-order valence-corrected chi connectivity index (χ2v) is 8.02. The molecule has 22 heavy (non-hydrogen) atoms. The monoisotopic (exact) mass is 327 g/mol. The molecule has 0 aliphatic carbocycles. The van der Waals surface area contributed by atoms with E-state index in [1.54, 1.807) is 0 Å². The van der Waals surface area contributed by atoms with Gasteiger partial charge in [-0.25, -0.2) is 13.6 Å². The highest BCUT2D eigenvalue weighted by atomic mass is 32.2. The molecule has 1 heterocycles. The predicted molar refractivity (Wildman–Crippen MR) is 84.3 cm³/mol. The number of rotatable bonds is 3. The number of hydrogen-bond acceptors (Lipinski definition) is 5. The van der Waals surface area contributed by atoms with Gasteiger partial charge >= 0.3 is 0 Å². The number of anilines is 1. The van der Waals surface area contributed by atoms with Gasteiger partial charge in [-0.3, -0.25) is 10.1 Å². The lowest BCUT2D eigenvalue weighted by atomic mass is 9.85. The van der Waals surface area contributed by atoms with Gasteiger partial charge in [0.2, 0.25) is 10.0 Å². The first kappa shape index (κ1) is 16.7. The molecule has 0 radical (unpaired) electrons. The second-order valence-electron chi connectivity index (χ2n) is 6.46. The van der Waals surface area contributed by atoms with Crippen molar-refractivity contribution in [2.75, 3.05) is 18.0 Å². The molecule has 8 heteroatoms. The Hall–Kier alpha value is -1.67. The molecule has 2 N–H and O–H groups in total. The Kier molecular flexibility index (Phi) is 4.44. The molecule has 0 spiro atoms. The Balaban J connectivity index is 2.40. The summed E-state index contributed by atoms with van der Waals surface area (Å²) in [6.07, 6.45) is 2.94. The highest BCUT2D eigenvalue weighted by molar-refractivity contribution is 7.89. The maximum atomic E-state index is 11.4. The van der Waals surface area contributed by atoms with Crippen molar-refractivity contribution in [3.63, 3.8) is 0 Å². The summed E-state index contributed by atoms with van der Waals surface area (Å²) in [6.45, 7) is 5.81. The van der Waals surface area contributed by atoms with Crippen molar-refractivity contribution < 1.29 is 13.3 Å². The first-order chi connectivity index (χ1) is 10.1. The minimum Gasteiger partial charge on any atom is -0.366 e. The summed E-state index contributed by atoms with van der Waals surface area (Å²) in [5.41, 5.74) is 0.450. The number of nitro groups is 1. The van der Waals surface area contributed by atoms with Crippen molar-refractivity contribution in [2.45, 2.75) is 38.0 Å². The lowest BCUT2D eigenvalue weighted by molar-refractivity contribution is -0.384. The van der Waals surface area contributed by atoms with Crippen molar-refractivity contribution in [2.24, 2.45) is 10.6 Å². The Morgan fingerprint density at radius 1 is 1.27 bits per heavy atom. The fourth-order valence-corrected chi connectivity index (χ4v) is 3.29. The van der Waals surface area contributed by atoms with Crippen LogP contribution in [0, 0.1) is 15.5 Å². The van der Waals surface area contributed by atoms with Gasteiger partial charge in [0.25, 0.3) is 5.69 Å². The van der Waals surface area contributed by atoms with Gasteiger partial charge in [0.1, 0.15) is 5.69 Å². The average molecular weight is 327 g/mol. The van der Waals surface area contributed by atoms with Crippen molar-refractivity contribution in [1.29, 1.82) is 0 Å². The van der Waals surface area contributed by atoms with Gasteiger partial charge in [0, 0.05) is 19.2 Å². The van der Waals surface area contributed by atoms with Crippen molar-refractivity contribution in [3.8, 4) is 0 Å². The van der Waals surface area contributed by atoms with E-state index in [2.05, 4.69) is 13.8 Å². The lowest BCUT2D eigenvalue weighted by Crippen LogP contribution is -2.26. The molecule has 0 bridgehead atoms. The largest absolute Gasteiger partial charge is 0.366 e. The summed E-state index contributed by atoms with van der Waals surface area (Å²) in [6, 6.07) is 3.85. The van der Waals surface area contributed by atoms with E-state index in [1.165, 1.54) is 12.1 Å². The Morgan fingerprint density at radius 3 is 2.55 bits per heavy atom. The third kappa shape index (κ3) is 3.75. The van der Waals surface area contributed by atoms with Gasteiger partial charge in [0.15, 0.2) is 0 Å². The molecule has 1 aromatic carbocycles. The van der Waals surface area contributed by atoms with E-state index in [4.69, 9.17) is 5.14 Å². The quantitative estimate of drug-likeness (QED) is 0.677. The van der Waals surface area contributed by atoms with E-state index in [0.29, 0.717) is 12.2 Å². The van der Waals surface area contributed by atoms with Crippen molar-refractivity contribution in [1.82, 2.24) is 0 Å². The first-order valence-electron chi connectivity index (χ1n) is 7.16. The topological polar surface area (TPSA) is 107 Å². The van der Waals surface area contributed by atoms with Gasteiger partial charge in [-0.2, -0.15) is 0 Å². The van der Waals surface area contributed by atoms with Gasteiger partial charge in [-0.15, -0.1) is 0 Å². The Bertz CT molecular complexity index is 685. The van der Waals surface area contributed by atoms with Crippen LogP contribution in [0.15, 0.2) is 23.1 Å². The molecule has 0 unspecified atom stereocenters. The third-order valence-corrected chi connectivity index (χ3v) is 5.06. The number of sulfonamides is 1. The molecule has 1 aliphatic heterocycles. The van der Waals surface area contributed by atoms with Crippen LogP contribution in [-0.4, -0.2) is 26.4 Å². The molecule has 1 saturated heterocycles. The second kappa shape index (κ2) is 5.85. The number of benzene rings is 1. The zero-order chi connectivity index (χ0) is 16.5. The van der Waals surface area contributed by atoms with Crippen LogP contribution in [0.3, 0.4) is 0 Å². The molecule has 1 fully saturated rings. The Labute approximate surface area is 130 Å². The molecule has 1 aliphatic rings. The maximum Gasteiger partial charge on any atom is 0.293 e. The highest BCUT2D eigenvalue weighted by Crippen LogP contribution is 2.35.